The van der Waals surface area contributed by atoms with Crippen LogP contribution in [0.15, 0.2) is 0 Å². The molecule has 118 valence electrons. The molecule has 0 radical (unpaired) electrons. The molecule has 4 nitrogen and oxygen atoms in total. The van der Waals surface area contributed by atoms with Crippen LogP contribution in [0.1, 0.15) is 33.1 Å². The Morgan fingerprint density at radius 3 is 2.65 bits per heavy atom. The van der Waals surface area contributed by atoms with Crippen molar-refractivity contribution in [3.63, 3.8) is 0 Å². The van der Waals surface area contributed by atoms with E-state index in [-0.39, 0.29) is 0 Å². The van der Waals surface area contributed by atoms with Crippen LogP contribution in [0.4, 0.5) is 0 Å². The van der Waals surface area contributed by atoms with Gasteiger partial charge >= 0.3 is 0 Å². The number of nitrogens with one attached hydrogen (secondary N) is 1. The molecule has 0 bridgehead atoms. The van der Waals surface area contributed by atoms with E-state index in [1.54, 1.807) is 0 Å². The highest BCUT2D eigenvalue weighted by molar-refractivity contribution is 4.89. The standard InChI is InChI=1S/C16H32N2O2/c1-14(2)9-17-11-16(5-8-20-13-16)12-18-6-3-15(10-19)4-7-18/h14-15,17,19H,3-13H2,1-2H3. The molecule has 20 heavy (non-hydrogen) atoms. The van der Waals surface area contributed by atoms with Crippen molar-refractivity contribution < 1.29 is 9.84 Å². The third-order valence-corrected chi connectivity index (χ3v) is 4.76. The maximum Gasteiger partial charge on any atom is 0.0547 e. The van der Waals surface area contributed by atoms with E-state index in [0.29, 0.717) is 23.9 Å². The van der Waals surface area contributed by atoms with Crippen LogP contribution < -0.4 is 5.32 Å². The highest BCUT2D eigenvalue weighted by atomic mass is 16.5. The van der Waals surface area contributed by atoms with Gasteiger partial charge in [-0.05, 0) is 50.7 Å². The molecule has 2 aliphatic heterocycles. The number of likely N-dealkylation sites (tertiary alicyclic amines) is 1. The molecule has 0 aromatic carbocycles. The van der Waals surface area contributed by atoms with Crippen molar-refractivity contribution >= 4 is 0 Å². The van der Waals surface area contributed by atoms with Gasteiger partial charge in [0.05, 0.1) is 6.61 Å². The van der Waals surface area contributed by atoms with Crippen molar-refractivity contribution in [2.24, 2.45) is 17.3 Å². The molecule has 0 spiro atoms. The predicted molar refractivity (Wildman–Crippen MR) is 81.8 cm³/mol. The van der Waals surface area contributed by atoms with Crippen LogP contribution in [0.2, 0.25) is 0 Å². The number of ether oxygens (including phenoxy) is 1. The second kappa shape index (κ2) is 7.74. The van der Waals surface area contributed by atoms with Crippen LogP contribution in [-0.2, 0) is 4.74 Å². The summed E-state index contributed by atoms with van der Waals surface area (Å²) >= 11 is 0. The van der Waals surface area contributed by atoms with Gasteiger partial charge in [-0.2, -0.15) is 0 Å². The minimum atomic E-state index is 0.306. The molecular formula is C16H32N2O2. The van der Waals surface area contributed by atoms with E-state index >= 15 is 0 Å². The Hall–Kier alpha value is -0.160. The first-order chi connectivity index (χ1) is 9.63. The fraction of sp³-hybridized carbons (Fsp3) is 1.00. The molecule has 0 aromatic rings. The van der Waals surface area contributed by atoms with Gasteiger partial charge in [0.15, 0.2) is 0 Å². The van der Waals surface area contributed by atoms with Crippen molar-refractivity contribution in [3.05, 3.63) is 0 Å². The second-order valence-corrected chi connectivity index (χ2v) is 7.23. The lowest BCUT2D eigenvalue weighted by Crippen LogP contribution is -2.47. The molecule has 0 amide bonds. The molecule has 2 N–H and O–H groups in total. The first kappa shape index (κ1) is 16.2. The monoisotopic (exact) mass is 284 g/mol. The summed E-state index contributed by atoms with van der Waals surface area (Å²) in [6.45, 7) is 12.3. The van der Waals surface area contributed by atoms with Crippen LogP contribution in [0.5, 0.6) is 0 Å². The molecule has 4 heteroatoms. The summed E-state index contributed by atoms with van der Waals surface area (Å²) in [4.78, 5) is 2.58. The zero-order valence-electron chi connectivity index (χ0n) is 13.2. The normalized spacial score (nSPS) is 29.4. The summed E-state index contributed by atoms with van der Waals surface area (Å²) in [6, 6.07) is 0. The Bertz CT molecular complexity index is 270. The number of piperidine rings is 1. The van der Waals surface area contributed by atoms with Gasteiger partial charge in [0.25, 0.3) is 0 Å². The van der Waals surface area contributed by atoms with Gasteiger partial charge in [-0.25, -0.2) is 0 Å². The van der Waals surface area contributed by atoms with Crippen molar-refractivity contribution in [3.8, 4) is 0 Å². The van der Waals surface area contributed by atoms with E-state index in [0.717, 1.165) is 58.8 Å². The molecule has 0 aliphatic carbocycles. The summed E-state index contributed by atoms with van der Waals surface area (Å²) in [7, 11) is 0. The zero-order valence-corrected chi connectivity index (χ0v) is 13.2. The first-order valence-corrected chi connectivity index (χ1v) is 8.25. The minimum absolute atomic E-state index is 0.306. The zero-order chi connectivity index (χ0) is 14.4. The molecular weight excluding hydrogens is 252 g/mol. The SMILES string of the molecule is CC(C)CNCC1(CN2CCC(CO)CC2)CCOC1. The van der Waals surface area contributed by atoms with Crippen molar-refractivity contribution in [1.29, 1.82) is 0 Å². The van der Waals surface area contributed by atoms with Gasteiger partial charge in [-0.1, -0.05) is 13.8 Å². The van der Waals surface area contributed by atoms with Gasteiger partial charge < -0.3 is 20.1 Å². The lowest BCUT2D eigenvalue weighted by atomic mass is 9.85. The lowest BCUT2D eigenvalue weighted by molar-refractivity contribution is 0.0745. The van der Waals surface area contributed by atoms with Gasteiger partial charge in [-0.15, -0.1) is 0 Å². The number of hydrogen-bond donors (Lipinski definition) is 2. The Morgan fingerprint density at radius 2 is 2.10 bits per heavy atom. The van der Waals surface area contributed by atoms with Crippen molar-refractivity contribution in [2.75, 3.05) is 52.5 Å². The molecule has 2 fully saturated rings. The number of hydrogen-bond acceptors (Lipinski definition) is 4. The van der Waals surface area contributed by atoms with Gasteiger partial charge in [0.1, 0.15) is 0 Å². The number of aliphatic hydroxyl groups excluding tert-OH is 1. The third kappa shape index (κ3) is 4.69. The Morgan fingerprint density at radius 1 is 1.35 bits per heavy atom. The van der Waals surface area contributed by atoms with Crippen LogP contribution in [-0.4, -0.2) is 62.6 Å². The molecule has 0 saturated carbocycles. The largest absolute Gasteiger partial charge is 0.396 e. The molecule has 0 aromatic heterocycles. The maximum atomic E-state index is 9.23. The Kier molecular flexibility index (Phi) is 6.27. The third-order valence-electron chi connectivity index (χ3n) is 4.76. The minimum Gasteiger partial charge on any atom is -0.396 e. The van der Waals surface area contributed by atoms with Gasteiger partial charge in [-0.3, -0.25) is 0 Å². The Balaban J connectivity index is 1.79. The number of nitrogens with zero attached hydrogens (tertiary/aromatic N) is 1. The van der Waals surface area contributed by atoms with Crippen LogP contribution >= 0.6 is 0 Å². The molecule has 1 unspecified atom stereocenters. The van der Waals surface area contributed by atoms with E-state index < -0.39 is 0 Å². The molecule has 2 rings (SSSR count). The topological polar surface area (TPSA) is 44.7 Å². The van der Waals surface area contributed by atoms with E-state index in [1.807, 2.05) is 0 Å². The predicted octanol–water partition coefficient (Wildman–Crippen LogP) is 1.34. The first-order valence-electron chi connectivity index (χ1n) is 8.25. The molecule has 2 saturated heterocycles. The summed E-state index contributed by atoms with van der Waals surface area (Å²) in [5.41, 5.74) is 0.306. The average Bonchev–Trinajstić information content (AvgIpc) is 2.88. The van der Waals surface area contributed by atoms with Crippen LogP contribution in [0.25, 0.3) is 0 Å². The van der Waals surface area contributed by atoms with Gasteiger partial charge in [0.2, 0.25) is 0 Å². The summed E-state index contributed by atoms with van der Waals surface area (Å²) in [5.74, 6) is 1.23. The summed E-state index contributed by atoms with van der Waals surface area (Å²) in [6.07, 6.45) is 3.47. The smallest absolute Gasteiger partial charge is 0.0547 e. The highest BCUT2D eigenvalue weighted by Crippen LogP contribution is 2.30. The van der Waals surface area contributed by atoms with E-state index in [2.05, 4.69) is 24.1 Å². The second-order valence-electron chi connectivity index (χ2n) is 7.23. The van der Waals surface area contributed by atoms with Crippen LogP contribution in [0, 0.1) is 17.3 Å². The molecule has 2 heterocycles. The van der Waals surface area contributed by atoms with Crippen molar-refractivity contribution in [2.45, 2.75) is 33.1 Å². The van der Waals surface area contributed by atoms with E-state index in [9.17, 15) is 5.11 Å². The fourth-order valence-electron chi connectivity index (χ4n) is 3.40. The van der Waals surface area contributed by atoms with Crippen LogP contribution in [0.3, 0.4) is 0 Å². The molecule has 2 aliphatic rings. The van der Waals surface area contributed by atoms with Crippen molar-refractivity contribution in [1.82, 2.24) is 10.2 Å². The number of rotatable bonds is 7. The maximum absolute atomic E-state index is 9.23. The summed E-state index contributed by atoms with van der Waals surface area (Å²) < 4.78 is 5.70. The summed E-state index contributed by atoms with van der Waals surface area (Å²) in [5, 5.41) is 12.9. The quantitative estimate of drug-likeness (QED) is 0.740. The van der Waals surface area contributed by atoms with Gasteiger partial charge in [0, 0.05) is 31.7 Å². The van der Waals surface area contributed by atoms with E-state index in [1.165, 1.54) is 6.42 Å². The highest BCUT2D eigenvalue weighted by Gasteiger charge is 2.37. The Labute approximate surface area is 123 Å². The number of aliphatic hydroxyl groups is 1. The van der Waals surface area contributed by atoms with E-state index in [4.69, 9.17) is 4.74 Å². The lowest BCUT2D eigenvalue weighted by Gasteiger charge is -2.38. The molecule has 1 atom stereocenters. The fourth-order valence-corrected chi connectivity index (χ4v) is 3.40. The average molecular weight is 284 g/mol.